The van der Waals surface area contributed by atoms with Gasteiger partial charge in [0.1, 0.15) is 5.75 Å². The number of methoxy groups -OCH3 is 1. The molecule has 1 rings (SSSR count). The van der Waals surface area contributed by atoms with Crippen LogP contribution in [-0.2, 0) is 0 Å². The van der Waals surface area contributed by atoms with Crippen molar-refractivity contribution < 1.29 is 4.74 Å². The Morgan fingerprint density at radius 3 is 2.53 bits per heavy atom. The molecule has 0 aromatic heterocycles. The van der Waals surface area contributed by atoms with Gasteiger partial charge in [-0.05, 0) is 39.0 Å². The summed E-state index contributed by atoms with van der Waals surface area (Å²) in [5.74, 6) is 0.785. The Bertz CT molecular complexity index is 366. The fourth-order valence-corrected chi connectivity index (χ4v) is 1.25. The van der Waals surface area contributed by atoms with Crippen LogP contribution >= 0.6 is 11.6 Å². The molecule has 0 aliphatic heterocycles. The first-order valence-electron chi connectivity index (χ1n) is 4.81. The van der Waals surface area contributed by atoms with E-state index in [1.807, 2.05) is 32.9 Å². The number of halogens is 1. The second-order valence-corrected chi connectivity index (χ2v) is 4.75. The maximum absolute atomic E-state index is 5.91. The fraction of sp³-hybridized carbons (Fsp3) is 0.417. The van der Waals surface area contributed by atoms with Crippen LogP contribution in [0.15, 0.2) is 23.2 Å². The van der Waals surface area contributed by atoms with E-state index in [0.29, 0.717) is 5.02 Å². The molecular weight excluding hydrogens is 210 g/mol. The molecule has 82 valence electrons. The lowest BCUT2D eigenvalue weighted by Crippen LogP contribution is -2.09. The minimum absolute atomic E-state index is 0.0900. The third-order valence-electron chi connectivity index (χ3n) is 1.78. The molecule has 0 heterocycles. The highest BCUT2D eigenvalue weighted by Gasteiger charge is 2.06. The van der Waals surface area contributed by atoms with E-state index in [4.69, 9.17) is 16.3 Å². The van der Waals surface area contributed by atoms with Crippen LogP contribution in [0.1, 0.15) is 26.3 Å². The van der Waals surface area contributed by atoms with Crippen LogP contribution in [0.5, 0.6) is 5.75 Å². The van der Waals surface area contributed by atoms with E-state index in [9.17, 15) is 0 Å². The van der Waals surface area contributed by atoms with Crippen LogP contribution in [0, 0.1) is 0 Å². The van der Waals surface area contributed by atoms with Gasteiger partial charge in [-0.25, -0.2) is 0 Å². The Morgan fingerprint density at radius 1 is 1.33 bits per heavy atom. The zero-order chi connectivity index (χ0) is 11.5. The van der Waals surface area contributed by atoms with Crippen molar-refractivity contribution in [2.24, 2.45) is 4.99 Å². The molecule has 0 atom stereocenters. The summed E-state index contributed by atoms with van der Waals surface area (Å²) in [7, 11) is 1.64. The summed E-state index contributed by atoms with van der Waals surface area (Å²) in [4.78, 5) is 4.41. The van der Waals surface area contributed by atoms with Crippen LogP contribution in [0.2, 0.25) is 5.02 Å². The highest BCUT2D eigenvalue weighted by Crippen LogP contribution is 2.21. The summed E-state index contributed by atoms with van der Waals surface area (Å²) in [6, 6.07) is 5.48. The lowest BCUT2D eigenvalue weighted by molar-refractivity contribution is 0.414. The molecule has 0 saturated heterocycles. The third kappa shape index (κ3) is 3.92. The number of hydrogen-bond acceptors (Lipinski definition) is 2. The molecule has 3 heteroatoms. The summed E-state index contributed by atoms with van der Waals surface area (Å²) < 4.78 is 5.22. The molecule has 0 aliphatic carbocycles. The van der Waals surface area contributed by atoms with Crippen LogP contribution in [0.25, 0.3) is 0 Å². The summed E-state index contributed by atoms with van der Waals surface area (Å²) in [6.07, 6.45) is 1.80. The molecule has 0 amide bonds. The van der Waals surface area contributed by atoms with E-state index in [0.717, 1.165) is 11.3 Å². The van der Waals surface area contributed by atoms with Crippen molar-refractivity contribution in [3.05, 3.63) is 28.8 Å². The minimum Gasteiger partial charge on any atom is -0.496 e. The Kier molecular flexibility index (Phi) is 3.75. The normalized spacial score (nSPS) is 12.1. The molecule has 0 bridgehead atoms. The van der Waals surface area contributed by atoms with Crippen molar-refractivity contribution in [3.63, 3.8) is 0 Å². The molecule has 0 fully saturated rings. The topological polar surface area (TPSA) is 21.6 Å². The molecule has 15 heavy (non-hydrogen) atoms. The summed E-state index contributed by atoms with van der Waals surface area (Å²) >= 11 is 5.91. The van der Waals surface area contributed by atoms with E-state index < -0.39 is 0 Å². The van der Waals surface area contributed by atoms with Crippen LogP contribution < -0.4 is 4.74 Å². The molecular formula is C12H16ClNO. The first-order valence-corrected chi connectivity index (χ1v) is 5.19. The van der Waals surface area contributed by atoms with Gasteiger partial charge in [-0.15, -0.1) is 0 Å². The van der Waals surface area contributed by atoms with E-state index in [2.05, 4.69) is 4.99 Å². The van der Waals surface area contributed by atoms with E-state index in [1.54, 1.807) is 19.4 Å². The van der Waals surface area contributed by atoms with Gasteiger partial charge in [0.05, 0.1) is 12.6 Å². The second-order valence-electron chi connectivity index (χ2n) is 4.32. The predicted octanol–water partition coefficient (Wildman–Crippen LogP) is 3.57. The van der Waals surface area contributed by atoms with Gasteiger partial charge in [0.15, 0.2) is 0 Å². The molecule has 0 N–H and O–H groups in total. The van der Waals surface area contributed by atoms with Gasteiger partial charge in [0.25, 0.3) is 0 Å². The number of benzene rings is 1. The molecule has 0 spiro atoms. The largest absolute Gasteiger partial charge is 0.496 e. The standard InChI is InChI=1S/C12H16ClNO/c1-12(2,3)14-8-9-7-10(13)5-6-11(9)15-4/h5-8H,1-4H3. The van der Waals surface area contributed by atoms with Gasteiger partial charge >= 0.3 is 0 Å². The fourth-order valence-electron chi connectivity index (χ4n) is 1.07. The van der Waals surface area contributed by atoms with Gasteiger partial charge in [-0.2, -0.15) is 0 Å². The molecule has 0 unspecified atom stereocenters. The number of ether oxygens (including phenoxy) is 1. The molecule has 0 aliphatic rings. The molecule has 1 aromatic carbocycles. The first kappa shape index (κ1) is 12.1. The summed E-state index contributed by atoms with van der Waals surface area (Å²) in [5.41, 5.74) is 0.813. The molecule has 2 nitrogen and oxygen atoms in total. The van der Waals surface area contributed by atoms with Gasteiger partial charge in [0.2, 0.25) is 0 Å². The van der Waals surface area contributed by atoms with Crippen molar-refractivity contribution in [2.75, 3.05) is 7.11 Å². The van der Waals surface area contributed by atoms with Gasteiger partial charge in [0, 0.05) is 16.8 Å². The molecule has 1 aromatic rings. The summed E-state index contributed by atoms with van der Waals surface area (Å²) in [6.45, 7) is 6.13. The van der Waals surface area contributed by atoms with Crippen molar-refractivity contribution in [2.45, 2.75) is 26.3 Å². The molecule has 0 radical (unpaired) electrons. The smallest absolute Gasteiger partial charge is 0.127 e. The van der Waals surface area contributed by atoms with Crippen molar-refractivity contribution in [3.8, 4) is 5.75 Å². The zero-order valence-corrected chi connectivity index (χ0v) is 10.3. The Balaban J connectivity index is 3.02. The van der Waals surface area contributed by atoms with E-state index in [1.165, 1.54) is 0 Å². The second kappa shape index (κ2) is 4.67. The SMILES string of the molecule is COc1ccc(Cl)cc1C=NC(C)(C)C. The first-order chi connectivity index (χ1) is 6.92. The highest BCUT2D eigenvalue weighted by molar-refractivity contribution is 6.30. The number of hydrogen-bond donors (Lipinski definition) is 0. The van der Waals surface area contributed by atoms with Gasteiger partial charge in [-0.3, -0.25) is 4.99 Å². The number of nitrogens with zero attached hydrogens (tertiary/aromatic N) is 1. The lowest BCUT2D eigenvalue weighted by atomic mass is 10.1. The highest BCUT2D eigenvalue weighted by atomic mass is 35.5. The predicted molar refractivity (Wildman–Crippen MR) is 65.4 cm³/mol. The Labute approximate surface area is 95.9 Å². The number of rotatable bonds is 2. The van der Waals surface area contributed by atoms with Gasteiger partial charge < -0.3 is 4.74 Å². The summed E-state index contributed by atoms with van der Waals surface area (Å²) in [5, 5.41) is 0.686. The Morgan fingerprint density at radius 2 is 2.00 bits per heavy atom. The molecule has 0 saturated carbocycles. The minimum atomic E-state index is -0.0900. The quantitative estimate of drug-likeness (QED) is 0.706. The van der Waals surface area contributed by atoms with E-state index in [-0.39, 0.29) is 5.54 Å². The maximum atomic E-state index is 5.91. The van der Waals surface area contributed by atoms with E-state index >= 15 is 0 Å². The van der Waals surface area contributed by atoms with Crippen molar-refractivity contribution in [1.29, 1.82) is 0 Å². The zero-order valence-electron chi connectivity index (χ0n) is 9.54. The maximum Gasteiger partial charge on any atom is 0.127 e. The number of aliphatic imine (C=N–C) groups is 1. The van der Waals surface area contributed by atoms with Crippen LogP contribution in [0.4, 0.5) is 0 Å². The monoisotopic (exact) mass is 225 g/mol. The average Bonchev–Trinajstić information content (AvgIpc) is 2.14. The lowest BCUT2D eigenvalue weighted by Gasteiger charge is -2.11. The third-order valence-corrected chi connectivity index (χ3v) is 2.02. The average molecular weight is 226 g/mol. The van der Waals surface area contributed by atoms with Crippen molar-refractivity contribution >= 4 is 17.8 Å². The van der Waals surface area contributed by atoms with Crippen LogP contribution in [-0.4, -0.2) is 18.9 Å². The van der Waals surface area contributed by atoms with Crippen molar-refractivity contribution in [1.82, 2.24) is 0 Å². The Hall–Kier alpha value is -1.02. The van der Waals surface area contributed by atoms with Gasteiger partial charge in [-0.1, -0.05) is 11.6 Å². The van der Waals surface area contributed by atoms with Crippen LogP contribution in [0.3, 0.4) is 0 Å².